The van der Waals surface area contributed by atoms with Gasteiger partial charge in [0.15, 0.2) is 6.17 Å². The van der Waals surface area contributed by atoms with Crippen molar-refractivity contribution in [1.82, 2.24) is 31.5 Å². The highest BCUT2D eigenvalue weighted by molar-refractivity contribution is 5.67. The van der Waals surface area contributed by atoms with E-state index in [4.69, 9.17) is 5.73 Å². The number of likely N-dealkylation sites (N-methyl/N-ethyl adjacent to an activating group) is 1. The molecule has 1 aliphatic heterocycles. The molecule has 2 aliphatic rings. The van der Waals surface area contributed by atoms with Crippen LogP contribution in [0.5, 0.6) is 0 Å². The smallest absolute Gasteiger partial charge is 0.172 e. The maximum atomic E-state index is 14.5. The SMILES string of the molecule is CN/C=C(\CNC)c1cc(F)cc(CNC2NC(C#N)N(C)C(N)=C2NC(C)C2CCCC2)c1. The number of nitrogens with zero attached hydrogens (tertiary/aromatic N) is 2. The molecule has 0 spiro atoms. The molecule has 9 heteroatoms. The van der Waals surface area contributed by atoms with E-state index < -0.39 is 6.17 Å². The molecule has 3 unspecified atom stereocenters. The summed E-state index contributed by atoms with van der Waals surface area (Å²) in [6.45, 7) is 3.22. The highest BCUT2D eigenvalue weighted by Gasteiger charge is 2.33. The number of hydrogen-bond donors (Lipinski definition) is 6. The lowest BCUT2D eigenvalue weighted by Gasteiger charge is -2.40. The average Bonchev–Trinajstić information content (AvgIpc) is 3.36. The first-order chi connectivity index (χ1) is 16.4. The molecule has 7 N–H and O–H groups in total. The molecule has 0 bridgehead atoms. The van der Waals surface area contributed by atoms with E-state index in [9.17, 15) is 9.65 Å². The van der Waals surface area contributed by atoms with Crippen LogP contribution in [-0.2, 0) is 6.54 Å². The first-order valence-electron chi connectivity index (χ1n) is 12.1. The first kappa shape index (κ1) is 25.8. The molecular weight excluding hydrogens is 431 g/mol. The Morgan fingerprint density at radius 2 is 2.06 bits per heavy atom. The molecule has 3 atom stereocenters. The Balaban J connectivity index is 1.80. The van der Waals surface area contributed by atoms with Crippen LogP contribution >= 0.6 is 0 Å². The second kappa shape index (κ2) is 12.1. The van der Waals surface area contributed by atoms with E-state index in [1.165, 1.54) is 37.8 Å². The maximum Gasteiger partial charge on any atom is 0.172 e. The van der Waals surface area contributed by atoms with E-state index in [-0.39, 0.29) is 18.0 Å². The summed E-state index contributed by atoms with van der Waals surface area (Å²) in [6.07, 6.45) is 5.90. The topological polar surface area (TPSA) is 113 Å². The van der Waals surface area contributed by atoms with E-state index in [0.29, 0.717) is 24.8 Å². The van der Waals surface area contributed by atoms with Crippen LogP contribution in [0.1, 0.15) is 43.7 Å². The van der Waals surface area contributed by atoms with Gasteiger partial charge in [0, 0.05) is 39.4 Å². The minimum atomic E-state index is -0.561. The highest BCUT2D eigenvalue weighted by atomic mass is 19.1. The van der Waals surface area contributed by atoms with Crippen molar-refractivity contribution in [2.24, 2.45) is 11.7 Å². The fourth-order valence-electron chi connectivity index (χ4n) is 4.85. The molecule has 1 aromatic carbocycles. The van der Waals surface area contributed by atoms with Crippen LogP contribution < -0.4 is 32.3 Å². The number of nitrogens with two attached hydrogens (primary N) is 1. The van der Waals surface area contributed by atoms with E-state index >= 15 is 0 Å². The summed E-state index contributed by atoms with van der Waals surface area (Å²) in [5, 5.41) is 26.2. The van der Waals surface area contributed by atoms with E-state index in [1.807, 2.05) is 33.4 Å². The van der Waals surface area contributed by atoms with Gasteiger partial charge in [-0.05, 0) is 67.6 Å². The second-order valence-corrected chi connectivity index (χ2v) is 9.24. The molecule has 1 fully saturated rings. The number of nitrogens with one attached hydrogen (secondary N) is 5. The Hall–Kier alpha value is -2.80. The second-order valence-electron chi connectivity index (χ2n) is 9.24. The van der Waals surface area contributed by atoms with Crippen LogP contribution in [0.25, 0.3) is 5.57 Å². The van der Waals surface area contributed by atoms with Crippen molar-refractivity contribution < 1.29 is 4.39 Å². The molecule has 0 aromatic heterocycles. The van der Waals surface area contributed by atoms with Gasteiger partial charge in [-0.1, -0.05) is 12.8 Å². The predicted octanol–water partition coefficient (Wildman–Crippen LogP) is 1.70. The fraction of sp³-hybridized carbons (Fsp3) is 0.560. The Kier molecular flexibility index (Phi) is 9.16. The molecule has 0 amide bonds. The van der Waals surface area contributed by atoms with Gasteiger partial charge in [-0.25, -0.2) is 4.39 Å². The van der Waals surface area contributed by atoms with Crippen molar-refractivity contribution in [3.8, 4) is 6.07 Å². The summed E-state index contributed by atoms with van der Waals surface area (Å²) in [5.41, 5.74) is 9.90. The van der Waals surface area contributed by atoms with Gasteiger partial charge in [0.05, 0.1) is 5.70 Å². The van der Waals surface area contributed by atoms with Crippen molar-refractivity contribution in [2.45, 2.75) is 57.5 Å². The molecule has 1 aliphatic carbocycles. The minimum Gasteiger partial charge on any atom is -0.394 e. The van der Waals surface area contributed by atoms with Crippen LogP contribution in [0, 0.1) is 23.1 Å². The summed E-state index contributed by atoms with van der Waals surface area (Å²) in [4.78, 5) is 1.74. The normalized spacial score (nSPS) is 22.6. The molecule has 0 radical (unpaired) electrons. The van der Waals surface area contributed by atoms with Crippen LogP contribution in [0.3, 0.4) is 0 Å². The Morgan fingerprint density at radius 3 is 2.71 bits per heavy atom. The number of hydrogen-bond acceptors (Lipinski definition) is 8. The molecule has 8 nitrogen and oxygen atoms in total. The Bertz CT molecular complexity index is 931. The van der Waals surface area contributed by atoms with Gasteiger partial charge in [-0.2, -0.15) is 5.26 Å². The standard InChI is InChI=1S/C25H39FN8/c1-16(18-7-5-6-8-18)32-23-24(28)34(4)22(12-27)33-25(23)31-13-17-9-19(11-21(26)10-17)20(14-29-2)15-30-3/h9-11,14,16,18,22,25,29-33H,5-8,13,15,28H2,1-4H3/b20-14+. The lowest BCUT2D eigenvalue weighted by Crippen LogP contribution is -2.62. The third-order valence-corrected chi connectivity index (χ3v) is 6.79. The van der Waals surface area contributed by atoms with Crippen molar-refractivity contribution in [1.29, 1.82) is 5.26 Å². The maximum absolute atomic E-state index is 14.5. The molecule has 3 rings (SSSR count). The molecule has 1 aromatic rings. The third-order valence-electron chi connectivity index (χ3n) is 6.79. The zero-order valence-electron chi connectivity index (χ0n) is 20.7. The monoisotopic (exact) mass is 470 g/mol. The van der Waals surface area contributed by atoms with Crippen LogP contribution in [0.2, 0.25) is 0 Å². The van der Waals surface area contributed by atoms with Gasteiger partial charge in [-0.15, -0.1) is 0 Å². The predicted molar refractivity (Wildman–Crippen MR) is 134 cm³/mol. The van der Waals surface area contributed by atoms with Crippen LogP contribution in [0.15, 0.2) is 35.9 Å². The largest absolute Gasteiger partial charge is 0.394 e. The van der Waals surface area contributed by atoms with Gasteiger partial charge in [0.25, 0.3) is 0 Å². The quantitative estimate of drug-likeness (QED) is 0.306. The molecule has 34 heavy (non-hydrogen) atoms. The first-order valence-corrected chi connectivity index (χ1v) is 12.1. The van der Waals surface area contributed by atoms with E-state index in [2.05, 4.69) is 39.6 Å². The van der Waals surface area contributed by atoms with Gasteiger partial charge in [0.2, 0.25) is 0 Å². The lowest BCUT2D eigenvalue weighted by molar-refractivity contribution is 0.225. The summed E-state index contributed by atoms with van der Waals surface area (Å²) >= 11 is 0. The Labute approximate surface area is 202 Å². The fourth-order valence-corrected chi connectivity index (χ4v) is 4.85. The van der Waals surface area contributed by atoms with Gasteiger partial charge in [-0.3, -0.25) is 10.6 Å². The van der Waals surface area contributed by atoms with Crippen molar-refractivity contribution in [2.75, 3.05) is 27.7 Å². The molecule has 1 heterocycles. The zero-order chi connectivity index (χ0) is 24.7. The van der Waals surface area contributed by atoms with Crippen molar-refractivity contribution >= 4 is 5.57 Å². The number of halogens is 1. The molecule has 1 saturated carbocycles. The third kappa shape index (κ3) is 6.20. The number of rotatable bonds is 10. The minimum absolute atomic E-state index is 0.269. The molecular formula is C25H39FN8. The summed E-state index contributed by atoms with van der Waals surface area (Å²) in [6, 6.07) is 7.58. The molecule has 0 saturated heterocycles. The lowest BCUT2D eigenvalue weighted by atomic mass is 9.99. The van der Waals surface area contributed by atoms with E-state index in [0.717, 1.165) is 22.4 Å². The van der Waals surface area contributed by atoms with Gasteiger partial charge >= 0.3 is 0 Å². The average molecular weight is 471 g/mol. The van der Waals surface area contributed by atoms with Gasteiger partial charge < -0.3 is 26.6 Å². The van der Waals surface area contributed by atoms with Crippen molar-refractivity contribution in [3.63, 3.8) is 0 Å². The number of nitriles is 1. The van der Waals surface area contributed by atoms with Gasteiger partial charge in [0.1, 0.15) is 23.9 Å². The molecule has 186 valence electrons. The Morgan fingerprint density at radius 1 is 1.32 bits per heavy atom. The summed E-state index contributed by atoms with van der Waals surface area (Å²) in [7, 11) is 5.50. The summed E-state index contributed by atoms with van der Waals surface area (Å²) in [5.74, 6) is 0.859. The zero-order valence-corrected chi connectivity index (χ0v) is 20.7. The highest BCUT2D eigenvalue weighted by Crippen LogP contribution is 2.28. The summed E-state index contributed by atoms with van der Waals surface area (Å²) < 4.78 is 14.5. The van der Waals surface area contributed by atoms with E-state index in [1.54, 1.807) is 4.90 Å². The van der Waals surface area contributed by atoms with Crippen molar-refractivity contribution in [3.05, 3.63) is 52.9 Å². The van der Waals surface area contributed by atoms with Crippen LogP contribution in [0.4, 0.5) is 4.39 Å². The van der Waals surface area contributed by atoms with Crippen LogP contribution in [-0.4, -0.2) is 51.0 Å². The number of benzene rings is 1.